The summed E-state index contributed by atoms with van der Waals surface area (Å²) in [4.78, 5) is 61.0. The Bertz CT molecular complexity index is 1890. The molecule has 1 aromatic carbocycles. The van der Waals surface area contributed by atoms with Crippen LogP contribution in [0.2, 0.25) is 0 Å². The molecule has 3 N–H and O–H groups in total. The molecule has 2 heterocycles. The van der Waals surface area contributed by atoms with Crippen LogP contribution in [0, 0.1) is 11.3 Å². The van der Waals surface area contributed by atoms with Crippen molar-refractivity contribution in [3.8, 4) is 11.6 Å². The molecule has 1 saturated heterocycles. The summed E-state index contributed by atoms with van der Waals surface area (Å²) in [6.45, 7) is 20.0. The summed E-state index contributed by atoms with van der Waals surface area (Å²) in [5.74, 6) is -1.65. The quantitative estimate of drug-likeness (QED) is 0.279. The van der Waals surface area contributed by atoms with Crippen LogP contribution < -0.4 is 24.8 Å². The maximum absolute atomic E-state index is 14.5. The van der Waals surface area contributed by atoms with Gasteiger partial charge in [0.05, 0.1) is 11.8 Å². The predicted molar refractivity (Wildman–Crippen MR) is 199 cm³/mol. The Balaban J connectivity index is 1.44. The number of likely N-dealkylation sites (tertiary alicyclic amines) is 1. The van der Waals surface area contributed by atoms with Crippen molar-refractivity contribution in [2.24, 2.45) is 11.3 Å². The first-order chi connectivity index (χ1) is 24.4. The van der Waals surface area contributed by atoms with Gasteiger partial charge < -0.3 is 29.7 Å². The number of carbonyl (C=O) groups excluding carboxylic acids is 4. The first-order valence-electron chi connectivity index (χ1n) is 18.0. The van der Waals surface area contributed by atoms with Gasteiger partial charge >= 0.3 is 6.09 Å². The number of fused-ring (bicyclic) bond motifs is 1. The fourth-order valence-corrected chi connectivity index (χ4v) is 7.79. The van der Waals surface area contributed by atoms with Crippen LogP contribution >= 0.6 is 0 Å². The molecule has 5 atom stereocenters. The lowest BCUT2D eigenvalue weighted by atomic mass is 9.85. The van der Waals surface area contributed by atoms with Crippen molar-refractivity contribution < 1.29 is 41.8 Å². The number of alkyl carbamates (subject to hydrolysis) is 1. The SMILES string of the molecule is C=CC1CC1(NC(=O)C1CC(Oc2nccc3cc(OC(C)(C)C)ccc23)CN1C(=O)C(NC(=O)OC(C)(C)C)C(C)(C)C)C(=O)NS(=O)(=O)C1CC1. The summed E-state index contributed by atoms with van der Waals surface area (Å²) in [6.07, 6.45) is 2.64. The Hall–Kier alpha value is -4.40. The average Bonchev–Trinajstić information content (AvgIpc) is 3.94. The van der Waals surface area contributed by atoms with E-state index < -0.39 is 85.3 Å². The number of ether oxygens (including phenoxy) is 3. The van der Waals surface area contributed by atoms with E-state index in [0.29, 0.717) is 24.0 Å². The zero-order valence-corrected chi connectivity index (χ0v) is 32.9. The number of amides is 4. The highest BCUT2D eigenvalue weighted by Gasteiger charge is 2.62. The average molecular weight is 756 g/mol. The van der Waals surface area contributed by atoms with Crippen LogP contribution in [0.4, 0.5) is 4.79 Å². The highest BCUT2D eigenvalue weighted by atomic mass is 32.2. The molecule has 15 heteroatoms. The van der Waals surface area contributed by atoms with Crippen molar-refractivity contribution in [1.82, 2.24) is 25.2 Å². The van der Waals surface area contributed by atoms with Crippen molar-refractivity contribution in [3.63, 3.8) is 0 Å². The summed E-state index contributed by atoms with van der Waals surface area (Å²) < 4.78 is 45.5. The maximum atomic E-state index is 14.5. The van der Waals surface area contributed by atoms with E-state index in [1.54, 1.807) is 47.7 Å². The second kappa shape index (κ2) is 14.1. The number of nitrogens with one attached hydrogen (secondary N) is 3. The van der Waals surface area contributed by atoms with E-state index in [1.165, 1.54) is 11.0 Å². The largest absolute Gasteiger partial charge is 0.488 e. The summed E-state index contributed by atoms with van der Waals surface area (Å²) in [5.41, 5.74) is -3.61. The molecule has 0 spiro atoms. The number of hydrogen-bond donors (Lipinski definition) is 3. The molecular weight excluding hydrogens is 703 g/mol. The van der Waals surface area contributed by atoms with Crippen molar-refractivity contribution in [2.75, 3.05) is 6.54 Å². The standard InChI is InChI=1S/C38H53N5O9S/c1-11-23-20-38(23,33(46)42-53(48,49)26-13-14-26)41-30(44)28-19-25(21-43(28)32(45)29(35(2,3)4)40-34(47)52-37(8,9)10)50-31-27-15-12-24(51-36(5,6)7)18-22(27)16-17-39-31/h11-12,15-18,23,25-26,28-29H,1,13-14,19-21H2,2-10H3,(H,40,47)(H,41,44)(H,42,46). The van der Waals surface area contributed by atoms with Crippen molar-refractivity contribution in [2.45, 2.75) is 128 Å². The third kappa shape index (κ3) is 9.40. The summed E-state index contributed by atoms with van der Waals surface area (Å²) in [7, 11) is -3.90. The molecule has 2 aromatic rings. The molecular formula is C38H53N5O9S. The van der Waals surface area contributed by atoms with Crippen LogP contribution in [0.3, 0.4) is 0 Å². The molecule has 3 fully saturated rings. The summed E-state index contributed by atoms with van der Waals surface area (Å²) in [5, 5.41) is 6.35. The zero-order chi connectivity index (χ0) is 39.3. The van der Waals surface area contributed by atoms with Crippen molar-refractivity contribution in [3.05, 3.63) is 43.1 Å². The van der Waals surface area contributed by atoms with Gasteiger partial charge in [-0.2, -0.15) is 0 Å². The number of benzene rings is 1. The third-order valence-electron chi connectivity index (χ3n) is 9.27. The van der Waals surface area contributed by atoms with Gasteiger partial charge in [-0.25, -0.2) is 18.2 Å². The second-order valence-corrected chi connectivity index (χ2v) is 19.3. The van der Waals surface area contributed by atoms with Gasteiger partial charge in [-0.1, -0.05) is 26.8 Å². The van der Waals surface area contributed by atoms with Crippen molar-refractivity contribution >= 4 is 44.6 Å². The lowest BCUT2D eigenvalue weighted by Crippen LogP contribution is -2.60. The lowest BCUT2D eigenvalue weighted by Gasteiger charge is -2.36. The van der Waals surface area contributed by atoms with Gasteiger partial charge in [0, 0.05) is 23.9 Å². The fraction of sp³-hybridized carbons (Fsp3) is 0.605. The molecule has 2 aliphatic carbocycles. The molecule has 14 nitrogen and oxygen atoms in total. The summed E-state index contributed by atoms with van der Waals surface area (Å²) >= 11 is 0. The van der Waals surface area contributed by atoms with Crippen LogP contribution in [-0.2, 0) is 29.1 Å². The predicted octanol–water partition coefficient (Wildman–Crippen LogP) is 4.37. The van der Waals surface area contributed by atoms with Crippen molar-refractivity contribution in [1.29, 1.82) is 0 Å². The van der Waals surface area contributed by atoms with Gasteiger partial charge in [0.25, 0.3) is 5.91 Å². The number of nitrogens with zero attached hydrogens (tertiary/aromatic N) is 2. The third-order valence-corrected chi connectivity index (χ3v) is 11.1. The Labute approximate surface area is 311 Å². The highest BCUT2D eigenvalue weighted by Crippen LogP contribution is 2.45. The molecule has 0 bridgehead atoms. The van der Waals surface area contributed by atoms with E-state index in [9.17, 15) is 27.6 Å². The number of pyridine rings is 1. The van der Waals surface area contributed by atoms with Crippen LogP contribution in [0.25, 0.3) is 10.8 Å². The van der Waals surface area contributed by atoms with E-state index in [2.05, 4.69) is 26.9 Å². The number of aromatic nitrogens is 1. The van der Waals surface area contributed by atoms with E-state index in [0.717, 1.165) is 5.39 Å². The minimum absolute atomic E-state index is 0.0149. The molecule has 5 unspecified atom stereocenters. The maximum Gasteiger partial charge on any atom is 0.408 e. The molecule has 5 rings (SSSR count). The molecule has 4 amide bonds. The van der Waals surface area contributed by atoms with Gasteiger partial charge in [-0.3, -0.25) is 19.1 Å². The minimum Gasteiger partial charge on any atom is -0.488 e. The first-order valence-corrected chi connectivity index (χ1v) is 19.5. The minimum atomic E-state index is -3.90. The Kier molecular flexibility index (Phi) is 10.6. The van der Waals surface area contributed by atoms with Crippen LogP contribution in [-0.4, -0.2) is 88.8 Å². The Morgan fingerprint density at radius 2 is 1.70 bits per heavy atom. The van der Waals surface area contributed by atoms with Gasteiger partial charge in [0.15, 0.2) is 0 Å². The smallest absolute Gasteiger partial charge is 0.408 e. The van der Waals surface area contributed by atoms with E-state index >= 15 is 0 Å². The van der Waals surface area contributed by atoms with Crippen LogP contribution in [0.15, 0.2) is 43.1 Å². The highest BCUT2D eigenvalue weighted by molar-refractivity contribution is 7.91. The normalized spacial score (nSPS) is 23.8. The topological polar surface area (TPSA) is 182 Å². The first kappa shape index (κ1) is 39.8. The monoisotopic (exact) mass is 755 g/mol. The van der Waals surface area contributed by atoms with Gasteiger partial charge in [-0.15, -0.1) is 6.58 Å². The lowest BCUT2D eigenvalue weighted by molar-refractivity contribution is -0.143. The van der Waals surface area contributed by atoms with Crippen LogP contribution in [0.1, 0.15) is 88.0 Å². The number of rotatable bonds is 11. The molecule has 0 radical (unpaired) electrons. The molecule has 290 valence electrons. The second-order valence-electron chi connectivity index (χ2n) is 17.3. The van der Waals surface area contributed by atoms with E-state index in [4.69, 9.17) is 14.2 Å². The Morgan fingerprint density at radius 1 is 1.02 bits per heavy atom. The molecule has 53 heavy (non-hydrogen) atoms. The van der Waals surface area contributed by atoms with E-state index in [-0.39, 0.29) is 25.3 Å². The molecule has 3 aliphatic rings. The van der Waals surface area contributed by atoms with Gasteiger partial charge in [0.2, 0.25) is 27.7 Å². The molecule has 1 aromatic heterocycles. The number of hydrogen-bond acceptors (Lipinski definition) is 10. The number of sulfonamides is 1. The zero-order valence-electron chi connectivity index (χ0n) is 32.1. The number of carbonyl (C=O) groups is 4. The fourth-order valence-electron chi connectivity index (χ4n) is 6.43. The van der Waals surface area contributed by atoms with Crippen LogP contribution in [0.5, 0.6) is 11.6 Å². The van der Waals surface area contributed by atoms with E-state index in [1.807, 2.05) is 45.0 Å². The molecule has 2 saturated carbocycles. The van der Waals surface area contributed by atoms with Gasteiger partial charge in [0.1, 0.15) is 40.7 Å². The summed E-state index contributed by atoms with van der Waals surface area (Å²) in [6, 6.07) is 5.09. The Morgan fingerprint density at radius 3 is 2.26 bits per heavy atom. The molecule has 1 aliphatic heterocycles. The van der Waals surface area contributed by atoms with Gasteiger partial charge in [-0.05, 0) is 95.9 Å².